The van der Waals surface area contributed by atoms with Crippen molar-refractivity contribution in [2.24, 2.45) is 7.05 Å². The van der Waals surface area contributed by atoms with Gasteiger partial charge in [0, 0.05) is 33.9 Å². The van der Waals surface area contributed by atoms with Crippen LogP contribution in [0.25, 0.3) is 0 Å². The number of aromatic carboxylic acids is 1. The van der Waals surface area contributed by atoms with Gasteiger partial charge in [-0.15, -0.1) is 0 Å². The van der Waals surface area contributed by atoms with Crippen molar-refractivity contribution < 1.29 is 26.7 Å². The Morgan fingerprint density at radius 2 is 1.90 bits per heavy atom. The molecule has 120 valence electrons. The second kappa shape index (κ2) is 6.13. The van der Waals surface area contributed by atoms with Gasteiger partial charge in [0.25, 0.3) is 0 Å². The van der Waals surface area contributed by atoms with Gasteiger partial charge in [-0.1, -0.05) is 0 Å². The lowest BCUT2D eigenvalue weighted by molar-refractivity contribution is 0.0686. The molecule has 9 nitrogen and oxygen atoms in total. The highest BCUT2D eigenvalue weighted by atomic mass is 32.2. The highest BCUT2D eigenvalue weighted by Gasteiger charge is 2.21. The Balaban J connectivity index is 2.84. The van der Waals surface area contributed by atoms with Gasteiger partial charge < -0.3 is 9.67 Å². The number of rotatable bonds is 7. The fourth-order valence-electron chi connectivity index (χ4n) is 1.46. The monoisotopic (exact) mass is 339 g/mol. The Bertz CT molecular complexity index is 733. The number of carboxylic acids is 1. The van der Waals surface area contributed by atoms with Crippen LogP contribution < -0.4 is 4.72 Å². The van der Waals surface area contributed by atoms with E-state index in [4.69, 9.17) is 5.11 Å². The van der Waals surface area contributed by atoms with E-state index in [1.54, 1.807) is 0 Å². The van der Waals surface area contributed by atoms with Gasteiger partial charge in [0.1, 0.15) is 10.6 Å². The first-order chi connectivity index (χ1) is 9.47. The molecule has 0 amide bonds. The number of aryl methyl sites for hydroxylation is 1. The maximum atomic E-state index is 12.0. The minimum Gasteiger partial charge on any atom is -0.477 e. The van der Waals surface area contributed by atoms with E-state index >= 15 is 0 Å². The molecule has 0 fully saturated rings. The van der Waals surface area contributed by atoms with Gasteiger partial charge >= 0.3 is 5.97 Å². The van der Waals surface area contributed by atoms with Crippen molar-refractivity contribution in [3.05, 3.63) is 18.0 Å². The average molecular weight is 339 g/mol. The predicted molar refractivity (Wildman–Crippen MR) is 75.0 cm³/mol. The molecule has 0 bridgehead atoms. The topological polar surface area (TPSA) is 126 Å². The number of nitrogens with one attached hydrogen (secondary N) is 1. The molecule has 1 rings (SSSR count). The van der Waals surface area contributed by atoms with Crippen LogP contribution in [0.5, 0.6) is 0 Å². The van der Waals surface area contributed by atoms with Crippen LogP contribution in [0.3, 0.4) is 0 Å². The number of aromatic nitrogens is 1. The first kappa shape index (κ1) is 17.6. The molecule has 21 heavy (non-hydrogen) atoms. The van der Waals surface area contributed by atoms with Crippen LogP contribution in [0.2, 0.25) is 0 Å². The number of hydrogen-bond donors (Lipinski definition) is 2. The summed E-state index contributed by atoms with van der Waals surface area (Å²) in [5, 5.41) is 8.87. The third-order valence-electron chi connectivity index (χ3n) is 2.72. The van der Waals surface area contributed by atoms with Gasteiger partial charge in [0.05, 0.1) is 5.75 Å². The normalized spacial score (nSPS) is 12.8. The largest absolute Gasteiger partial charge is 0.477 e. The van der Waals surface area contributed by atoms with Gasteiger partial charge in [-0.05, 0) is 6.07 Å². The number of nitrogens with zero attached hydrogens (tertiary/aromatic N) is 2. The molecule has 2 N–H and O–H groups in total. The molecule has 0 aromatic carbocycles. The number of carboxylic acid groups (broad SMARTS) is 1. The Hall–Kier alpha value is -1.43. The summed E-state index contributed by atoms with van der Waals surface area (Å²) in [6.45, 7) is -0.305. The fourth-order valence-corrected chi connectivity index (χ4v) is 3.42. The van der Waals surface area contributed by atoms with E-state index in [2.05, 4.69) is 4.72 Å². The van der Waals surface area contributed by atoms with Crippen molar-refractivity contribution in [1.82, 2.24) is 13.6 Å². The van der Waals surface area contributed by atoms with Crippen molar-refractivity contribution in [2.45, 2.75) is 4.90 Å². The van der Waals surface area contributed by atoms with Gasteiger partial charge in [0.15, 0.2) is 0 Å². The lowest BCUT2D eigenvalue weighted by Gasteiger charge is -2.11. The minimum absolute atomic E-state index is 0.184. The van der Waals surface area contributed by atoms with E-state index < -0.39 is 31.8 Å². The van der Waals surface area contributed by atoms with Crippen LogP contribution >= 0.6 is 0 Å². The average Bonchev–Trinajstić information content (AvgIpc) is 2.71. The minimum atomic E-state index is -3.96. The van der Waals surface area contributed by atoms with Crippen LogP contribution in [0.15, 0.2) is 17.2 Å². The first-order valence-electron chi connectivity index (χ1n) is 5.77. The number of carbonyl (C=O) groups is 1. The Morgan fingerprint density at radius 1 is 1.33 bits per heavy atom. The van der Waals surface area contributed by atoms with Gasteiger partial charge in [-0.2, -0.15) is 0 Å². The van der Waals surface area contributed by atoms with Crippen LogP contribution in [-0.2, 0) is 27.1 Å². The quantitative estimate of drug-likeness (QED) is 0.649. The van der Waals surface area contributed by atoms with Gasteiger partial charge in [-0.3, -0.25) is 0 Å². The van der Waals surface area contributed by atoms with Crippen molar-refractivity contribution >= 4 is 26.0 Å². The van der Waals surface area contributed by atoms with Gasteiger partial charge in [0.2, 0.25) is 20.0 Å². The lowest BCUT2D eigenvalue weighted by atomic mass is 10.4. The highest BCUT2D eigenvalue weighted by Crippen LogP contribution is 2.13. The van der Waals surface area contributed by atoms with Crippen LogP contribution in [0, 0.1) is 0 Å². The summed E-state index contributed by atoms with van der Waals surface area (Å²) in [7, 11) is -3.38. The summed E-state index contributed by atoms with van der Waals surface area (Å²) in [6, 6.07) is 1.01. The Morgan fingerprint density at radius 3 is 2.33 bits per heavy atom. The van der Waals surface area contributed by atoms with E-state index in [1.807, 2.05) is 0 Å². The molecule has 1 heterocycles. The lowest BCUT2D eigenvalue weighted by Crippen LogP contribution is -2.33. The van der Waals surface area contributed by atoms with Crippen molar-refractivity contribution in [3.63, 3.8) is 0 Å². The zero-order chi connectivity index (χ0) is 16.4. The summed E-state index contributed by atoms with van der Waals surface area (Å²) >= 11 is 0. The zero-order valence-corrected chi connectivity index (χ0v) is 13.4. The maximum Gasteiger partial charge on any atom is 0.352 e. The summed E-state index contributed by atoms with van der Waals surface area (Å²) < 4.78 is 51.2. The molecule has 1 aromatic heterocycles. The molecule has 0 spiro atoms. The molecule has 0 aliphatic heterocycles. The van der Waals surface area contributed by atoms with Crippen LogP contribution in [0.1, 0.15) is 10.5 Å². The summed E-state index contributed by atoms with van der Waals surface area (Å²) in [6.07, 6.45) is 1.15. The molecular formula is C10H17N3O6S2. The molecule has 0 aliphatic carbocycles. The maximum absolute atomic E-state index is 12.0. The third kappa shape index (κ3) is 4.27. The van der Waals surface area contributed by atoms with Gasteiger partial charge in [-0.25, -0.2) is 30.7 Å². The van der Waals surface area contributed by atoms with Crippen LogP contribution in [0.4, 0.5) is 0 Å². The zero-order valence-electron chi connectivity index (χ0n) is 11.8. The second-order valence-corrected chi connectivity index (χ2v) is 8.54. The Kier molecular flexibility index (Phi) is 5.15. The molecule has 1 aromatic rings. The molecule has 0 saturated carbocycles. The van der Waals surface area contributed by atoms with E-state index in [9.17, 15) is 21.6 Å². The molecule has 0 saturated heterocycles. The second-order valence-electron chi connectivity index (χ2n) is 4.47. The van der Waals surface area contributed by atoms with Crippen LogP contribution in [-0.4, -0.2) is 63.2 Å². The SMILES string of the molecule is CN(C)S(=O)(=O)CCNS(=O)(=O)c1cc(C(=O)O)n(C)c1. The first-order valence-corrected chi connectivity index (χ1v) is 8.86. The third-order valence-corrected chi connectivity index (χ3v) is 5.98. The Labute approximate surface area is 123 Å². The van der Waals surface area contributed by atoms with E-state index in [1.165, 1.54) is 21.1 Å². The van der Waals surface area contributed by atoms with Crippen molar-refractivity contribution in [3.8, 4) is 0 Å². The summed E-state index contributed by atoms with van der Waals surface area (Å²) in [5.74, 6) is -1.65. The van der Waals surface area contributed by atoms with E-state index in [0.717, 1.165) is 21.1 Å². The van der Waals surface area contributed by atoms with Crippen molar-refractivity contribution in [2.75, 3.05) is 26.4 Å². The van der Waals surface area contributed by atoms with E-state index in [0.29, 0.717) is 0 Å². The standard InChI is InChI=1S/C10H17N3O6S2/c1-12(2)20(16,17)5-4-11-21(18,19)8-6-9(10(14)15)13(3)7-8/h6-7,11H,4-5H2,1-3H3,(H,14,15). The smallest absolute Gasteiger partial charge is 0.352 e. The molecule has 0 atom stereocenters. The number of hydrogen-bond acceptors (Lipinski definition) is 5. The molecule has 11 heteroatoms. The summed E-state index contributed by atoms with van der Waals surface area (Å²) in [5.41, 5.74) is -0.184. The molecule has 0 unspecified atom stereocenters. The molecule has 0 aliphatic rings. The summed E-state index contributed by atoms with van der Waals surface area (Å²) in [4.78, 5) is 10.6. The van der Waals surface area contributed by atoms with Crippen molar-refractivity contribution in [1.29, 1.82) is 0 Å². The number of sulfonamides is 2. The van der Waals surface area contributed by atoms with E-state index in [-0.39, 0.29) is 17.1 Å². The fraction of sp³-hybridized carbons (Fsp3) is 0.500. The highest BCUT2D eigenvalue weighted by molar-refractivity contribution is 7.90. The molecule has 0 radical (unpaired) electrons. The molecular weight excluding hydrogens is 322 g/mol. The predicted octanol–water partition coefficient (Wildman–Crippen LogP) is -1.11.